The number of hydrogen-bond donors (Lipinski definition) is 1. The zero-order valence-electron chi connectivity index (χ0n) is 13.3. The van der Waals surface area contributed by atoms with Crippen molar-refractivity contribution in [2.45, 2.75) is 39.3 Å². The zero-order valence-corrected chi connectivity index (χ0v) is 13.3. The van der Waals surface area contributed by atoms with Gasteiger partial charge in [-0.05, 0) is 37.8 Å². The SMILES string of the molecule is CCn1c(C(=O)N2CCCC(C)C2CO)cc2ccccc21. The summed E-state index contributed by atoms with van der Waals surface area (Å²) in [5.74, 6) is 0.394. The van der Waals surface area contributed by atoms with Crippen LogP contribution >= 0.6 is 0 Å². The molecule has 0 bridgehead atoms. The number of aryl methyl sites for hydroxylation is 1. The van der Waals surface area contributed by atoms with Gasteiger partial charge in [0.1, 0.15) is 5.69 Å². The number of fused-ring (bicyclic) bond motifs is 1. The van der Waals surface area contributed by atoms with Gasteiger partial charge in [-0.2, -0.15) is 0 Å². The van der Waals surface area contributed by atoms with E-state index in [1.165, 1.54) is 0 Å². The molecule has 4 nitrogen and oxygen atoms in total. The van der Waals surface area contributed by atoms with Gasteiger partial charge >= 0.3 is 0 Å². The van der Waals surface area contributed by atoms with E-state index in [4.69, 9.17) is 0 Å². The Bertz CT molecular complexity index is 677. The molecular formula is C18H24N2O2. The van der Waals surface area contributed by atoms with Crippen molar-refractivity contribution in [3.63, 3.8) is 0 Å². The first-order valence-corrected chi connectivity index (χ1v) is 8.17. The van der Waals surface area contributed by atoms with Gasteiger partial charge in [0.25, 0.3) is 5.91 Å². The first kappa shape index (κ1) is 15.1. The number of aliphatic hydroxyl groups excluding tert-OH is 1. The monoisotopic (exact) mass is 300 g/mol. The van der Waals surface area contributed by atoms with Crippen LogP contribution in [0.5, 0.6) is 0 Å². The molecule has 22 heavy (non-hydrogen) atoms. The summed E-state index contributed by atoms with van der Waals surface area (Å²) in [6.45, 7) is 5.72. The molecule has 1 aromatic carbocycles. The molecule has 1 aliphatic rings. The molecule has 2 atom stereocenters. The van der Waals surface area contributed by atoms with Crippen LogP contribution in [0.2, 0.25) is 0 Å². The van der Waals surface area contributed by atoms with Gasteiger partial charge in [0.15, 0.2) is 0 Å². The highest BCUT2D eigenvalue weighted by Crippen LogP contribution is 2.27. The second-order valence-electron chi connectivity index (χ2n) is 6.20. The summed E-state index contributed by atoms with van der Waals surface area (Å²) in [6.07, 6.45) is 2.08. The molecule has 1 aliphatic heterocycles. The fourth-order valence-electron chi connectivity index (χ4n) is 3.66. The standard InChI is InChI=1S/C18H24N2O2/c1-3-19-15-9-5-4-8-14(15)11-16(19)18(22)20-10-6-7-13(2)17(20)12-21/h4-5,8-9,11,13,17,21H,3,6-7,10,12H2,1-2H3. The predicted molar refractivity (Wildman–Crippen MR) is 87.9 cm³/mol. The Morgan fingerprint density at radius 3 is 2.86 bits per heavy atom. The van der Waals surface area contributed by atoms with E-state index in [-0.39, 0.29) is 18.6 Å². The zero-order chi connectivity index (χ0) is 15.7. The van der Waals surface area contributed by atoms with Crippen LogP contribution in [0.1, 0.15) is 37.2 Å². The van der Waals surface area contributed by atoms with Crippen molar-refractivity contribution >= 4 is 16.8 Å². The summed E-state index contributed by atoms with van der Waals surface area (Å²) in [5.41, 5.74) is 1.83. The molecule has 1 aromatic heterocycles. The number of aliphatic hydroxyl groups is 1. The van der Waals surface area contributed by atoms with E-state index in [9.17, 15) is 9.90 Å². The summed E-state index contributed by atoms with van der Waals surface area (Å²) in [4.78, 5) is 14.9. The van der Waals surface area contributed by atoms with Crippen molar-refractivity contribution in [2.24, 2.45) is 5.92 Å². The molecule has 2 unspecified atom stereocenters. The van der Waals surface area contributed by atoms with Crippen molar-refractivity contribution in [3.8, 4) is 0 Å². The Morgan fingerprint density at radius 2 is 2.14 bits per heavy atom. The molecule has 118 valence electrons. The van der Waals surface area contributed by atoms with Gasteiger partial charge in [0.05, 0.1) is 12.6 Å². The quantitative estimate of drug-likeness (QED) is 0.947. The Morgan fingerprint density at radius 1 is 1.36 bits per heavy atom. The lowest BCUT2D eigenvalue weighted by Gasteiger charge is -2.39. The van der Waals surface area contributed by atoms with Crippen molar-refractivity contribution in [1.82, 2.24) is 9.47 Å². The Kier molecular flexibility index (Phi) is 4.21. The van der Waals surface area contributed by atoms with Gasteiger partial charge in [-0.1, -0.05) is 25.1 Å². The van der Waals surface area contributed by atoms with Crippen LogP contribution in [-0.2, 0) is 6.54 Å². The lowest BCUT2D eigenvalue weighted by molar-refractivity contribution is 0.0349. The lowest BCUT2D eigenvalue weighted by Crippen LogP contribution is -2.50. The molecule has 2 aromatic rings. The highest BCUT2D eigenvalue weighted by molar-refractivity contribution is 5.99. The number of benzene rings is 1. The third-order valence-electron chi connectivity index (χ3n) is 4.91. The van der Waals surface area contributed by atoms with Crippen LogP contribution < -0.4 is 0 Å². The largest absolute Gasteiger partial charge is 0.394 e. The van der Waals surface area contributed by atoms with E-state index < -0.39 is 0 Å². The highest BCUT2D eigenvalue weighted by Gasteiger charge is 2.33. The van der Waals surface area contributed by atoms with E-state index in [0.717, 1.165) is 42.5 Å². The number of carbonyl (C=O) groups excluding carboxylic acids is 1. The maximum Gasteiger partial charge on any atom is 0.270 e. The highest BCUT2D eigenvalue weighted by atomic mass is 16.3. The minimum Gasteiger partial charge on any atom is -0.394 e. The summed E-state index contributed by atoms with van der Waals surface area (Å²) in [6, 6.07) is 10.0. The Labute approximate surface area is 131 Å². The summed E-state index contributed by atoms with van der Waals surface area (Å²) in [7, 11) is 0. The molecule has 0 radical (unpaired) electrons. The maximum absolute atomic E-state index is 13.1. The number of hydrogen-bond acceptors (Lipinski definition) is 2. The number of likely N-dealkylation sites (tertiary alicyclic amines) is 1. The van der Waals surface area contributed by atoms with Crippen LogP contribution in [0.25, 0.3) is 10.9 Å². The molecule has 1 saturated heterocycles. The molecule has 0 aliphatic carbocycles. The average Bonchev–Trinajstić information content (AvgIpc) is 2.92. The minimum absolute atomic E-state index is 0.0409. The lowest BCUT2D eigenvalue weighted by atomic mass is 9.91. The van der Waals surface area contributed by atoms with Crippen molar-refractivity contribution in [2.75, 3.05) is 13.2 Å². The van der Waals surface area contributed by atoms with E-state index in [2.05, 4.69) is 24.5 Å². The van der Waals surface area contributed by atoms with Gasteiger partial charge in [0.2, 0.25) is 0 Å². The third kappa shape index (κ3) is 2.41. The average molecular weight is 300 g/mol. The number of para-hydroxylation sites is 1. The van der Waals surface area contributed by atoms with Crippen LogP contribution in [0.4, 0.5) is 0 Å². The maximum atomic E-state index is 13.1. The van der Waals surface area contributed by atoms with Crippen LogP contribution in [-0.4, -0.2) is 39.7 Å². The van der Waals surface area contributed by atoms with Crippen LogP contribution in [0.3, 0.4) is 0 Å². The van der Waals surface area contributed by atoms with E-state index in [1.54, 1.807) is 0 Å². The third-order valence-corrected chi connectivity index (χ3v) is 4.91. The molecular weight excluding hydrogens is 276 g/mol. The molecule has 1 amide bonds. The van der Waals surface area contributed by atoms with E-state index >= 15 is 0 Å². The fourth-order valence-corrected chi connectivity index (χ4v) is 3.66. The van der Waals surface area contributed by atoms with Crippen LogP contribution in [0, 0.1) is 5.92 Å². The van der Waals surface area contributed by atoms with Gasteiger partial charge in [-0.3, -0.25) is 4.79 Å². The molecule has 1 fully saturated rings. The summed E-state index contributed by atoms with van der Waals surface area (Å²) >= 11 is 0. The topological polar surface area (TPSA) is 45.5 Å². The van der Waals surface area contributed by atoms with Crippen molar-refractivity contribution < 1.29 is 9.90 Å². The van der Waals surface area contributed by atoms with E-state index in [0.29, 0.717) is 5.92 Å². The first-order valence-electron chi connectivity index (χ1n) is 8.17. The second-order valence-corrected chi connectivity index (χ2v) is 6.20. The minimum atomic E-state index is -0.0652. The number of aromatic nitrogens is 1. The summed E-state index contributed by atoms with van der Waals surface area (Å²) < 4.78 is 2.07. The van der Waals surface area contributed by atoms with Gasteiger partial charge in [-0.15, -0.1) is 0 Å². The normalized spacial score (nSPS) is 22.2. The predicted octanol–water partition coefficient (Wildman–Crippen LogP) is 2.89. The first-order chi connectivity index (χ1) is 10.7. The van der Waals surface area contributed by atoms with Crippen molar-refractivity contribution in [3.05, 3.63) is 36.0 Å². The Balaban J connectivity index is 2.01. The molecule has 0 saturated carbocycles. The number of amides is 1. The second kappa shape index (κ2) is 6.13. The number of nitrogens with zero attached hydrogens (tertiary/aromatic N) is 2. The van der Waals surface area contributed by atoms with Gasteiger partial charge in [-0.25, -0.2) is 0 Å². The molecule has 4 heteroatoms. The fraction of sp³-hybridized carbons (Fsp3) is 0.500. The number of carbonyl (C=O) groups is 1. The van der Waals surface area contributed by atoms with Gasteiger partial charge < -0.3 is 14.6 Å². The summed E-state index contributed by atoms with van der Waals surface area (Å²) in [5, 5.41) is 10.8. The van der Waals surface area contributed by atoms with Gasteiger partial charge in [0, 0.05) is 24.0 Å². The molecule has 1 N–H and O–H groups in total. The smallest absolute Gasteiger partial charge is 0.270 e. The number of piperidine rings is 1. The number of rotatable bonds is 3. The molecule has 3 rings (SSSR count). The van der Waals surface area contributed by atoms with E-state index in [1.807, 2.05) is 29.2 Å². The van der Waals surface area contributed by atoms with Crippen molar-refractivity contribution in [1.29, 1.82) is 0 Å². The molecule has 2 heterocycles. The molecule has 0 spiro atoms. The van der Waals surface area contributed by atoms with Crippen LogP contribution in [0.15, 0.2) is 30.3 Å². The Hall–Kier alpha value is -1.81.